The molecule has 0 aliphatic heterocycles. The molecule has 1 rings (SSSR count). The van der Waals surface area contributed by atoms with E-state index in [2.05, 4.69) is 33.9 Å². The van der Waals surface area contributed by atoms with Crippen LogP contribution in [-0.4, -0.2) is 32.3 Å². The van der Waals surface area contributed by atoms with E-state index in [9.17, 15) is 0 Å². The van der Waals surface area contributed by atoms with Gasteiger partial charge in [0, 0.05) is 6.61 Å². The summed E-state index contributed by atoms with van der Waals surface area (Å²) < 4.78 is 11.1. The van der Waals surface area contributed by atoms with Gasteiger partial charge in [-0.05, 0) is 36.2 Å². The van der Waals surface area contributed by atoms with Crippen LogP contribution in [0.2, 0.25) is 18.1 Å². The molecule has 112 valence electrons. The highest BCUT2D eigenvalue weighted by atomic mass is 28.4. The predicted molar refractivity (Wildman–Crippen MR) is 84.1 cm³/mol. The molecule has 2 N–H and O–H groups in total. The monoisotopic (exact) mass is 296 g/mol. The van der Waals surface area contributed by atoms with Gasteiger partial charge >= 0.3 is 7.32 Å². The average molecular weight is 296 g/mol. The molecular weight excluding hydrogens is 271 g/mol. The van der Waals surface area contributed by atoms with E-state index in [1.54, 1.807) is 12.1 Å². The highest BCUT2D eigenvalue weighted by Crippen LogP contribution is 2.36. The van der Waals surface area contributed by atoms with Gasteiger partial charge in [-0.3, -0.25) is 0 Å². The van der Waals surface area contributed by atoms with E-state index < -0.39 is 15.6 Å². The van der Waals surface area contributed by atoms with E-state index in [4.69, 9.17) is 19.1 Å². The molecule has 0 unspecified atom stereocenters. The summed E-state index contributed by atoms with van der Waals surface area (Å²) in [5.74, 6) is 0.487. The molecule has 0 saturated heterocycles. The molecule has 0 aromatic heterocycles. The maximum Gasteiger partial charge on any atom is 0.707 e. The Morgan fingerprint density at radius 3 is 2.30 bits per heavy atom. The van der Waals surface area contributed by atoms with Crippen molar-refractivity contribution in [2.45, 2.75) is 45.3 Å². The third-order valence-electron chi connectivity index (χ3n) is 3.85. The minimum Gasteiger partial charge on any atom is -0.512 e. The quantitative estimate of drug-likeness (QED) is 0.792. The highest BCUT2D eigenvalue weighted by Gasteiger charge is 2.36. The predicted octanol–water partition coefficient (Wildman–Crippen LogP) is 2.60. The third-order valence-corrected chi connectivity index (χ3v) is 8.38. The van der Waals surface area contributed by atoms with Gasteiger partial charge in [0.15, 0.2) is 8.32 Å². The molecule has 0 aliphatic rings. The zero-order valence-electron chi connectivity index (χ0n) is 13.0. The zero-order chi connectivity index (χ0) is 15.4. The van der Waals surface area contributed by atoms with Crippen molar-refractivity contribution in [2.75, 3.05) is 6.61 Å². The third kappa shape index (κ3) is 4.94. The zero-order valence-corrected chi connectivity index (χ0v) is 14.0. The molecular formula is C14H25BO4Si. The molecule has 0 radical (unpaired) electrons. The van der Waals surface area contributed by atoms with Gasteiger partial charge in [0.2, 0.25) is 0 Å². The summed E-state index contributed by atoms with van der Waals surface area (Å²) in [4.78, 5) is 0. The first kappa shape index (κ1) is 17.2. The molecule has 4 nitrogen and oxygen atoms in total. The molecule has 0 fully saturated rings. The Labute approximate surface area is 123 Å². The second-order valence-electron chi connectivity index (χ2n) is 6.41. The lowest BCUT2D eigenvalue weighted by Gasteiger charge is -2.36. The van der Waals surface area contributed by atoms with Crippen molar-refractivity contribution in [1.82, 2.24) is 0 Å². The van der Waals surface area contributed by atoms with Crippen LogP contribution in [0.15, 0.2) is 24.3 Å². The van der Waals surface area contributed by atoms with Gasteiger partial charge in [-0.25, -0.2) is 0 Å². The summed E-state index contributed by atoms with van der Waals surface area (Å²) in [5.41, 5.74) is 0.916. The molecule has 0 heterocycles. The summed E-state index contributed by atoms with van der Waals surface area (Å²) in [6.45, 7) is 11.7. The summed E-state index contributed by atoms with van der Waals surface area (Å²) in [7, 11) is -3.54. The van der Waals surface area contributed by atoms with Gasteiger partial charge in [-0.1, -0.05) is 39.0 Å². The Kier molecular flexibility index (Phi) is 5.82. The van der Waals surface area contributed by atoms with Crippen LogP contribution in [0.4, 0.5) is 0 Å². The van der Waals surface area contributed by atoms with Crippen molar-refractivity contribution in [3.8, 4) is 5.75 Å². The Bertz CT molecular complexity index is 429. The van der Waals surface area contributed by atoms with Crippen LogP contribution < -0.4 is 4.65 Å². The van der Waals surface area contributed by atoms with Gasteiger partial charge in [-0.2, -0.15) is 0 Å². The van der Waals surface area contributed by atoms with Crippen molar-refractivity contribution in [3.63, 3.8) is 0 Å². The van der Waals surface area contributed by atoms with Crippen molar-refractivity contribution < 1.29 is 19.1 Å². The molecule has 0 bridgehead atoms. The van der Waals surface area contributed by atoms with Gasteiger partial charge in [0.25, 0.3) is 0 Å². The molecule has 0 amide bonds. The van der Waals surface area contributed by atoms with Crippen molar-refractivity contribution in [1.29, 1.82) is 0 Å². The van der Waals surface area contributed by atoms with Gasteiger partial charge in [0.05, 0.1) is 0 Å². The fourth-order valence-electron chi connectivity index (χ4n) is 1.57. The molecule has 0 saturated carbocycles. The fraction of sp³-hybridized carbons (Fsp3) is 0.571. The highest BCUT2D eigenvalue weighted by molar-refractivity contribution is 6.74. The summed E-state index contributed by atoms with van der Waals surface area (Å²) in [5, 5.41) is 18.0. The second-order valence-corrected chi connectivity index (χ2v) is 11.2. The molecule has 6 heteroatoms. The van der Waals surface area contributed by atoms with E-state index in [1.807, 2.05) is 12.1 Å². The fourth-order valence-corrected chi connectivity index (χ4v) is 2.62. The van der Waals surface area contributed by atoms with Gasteiger partial charge < -0.3 is 19.1 Å². The first-order valence-electron chi connectivity index (χ1n) is 6.88. The molecule has 0 atom stereocenters. The van der Waals surface area contributed by atoms with Crippen LogP contribution in [0, 0.1) is 0 Å². The Balaban J connectivity index is 2.63. The van der Waals surface area contributed by atoms with Crippen LogP contribution in [-0.2, 0) is 10.8 Å². The van der Waals surface area contributed by atoms with Gasteiger partial charge in [-0.15, -0.1) is 0 Å². The van der Waals surface area contributed by atoms with E-state index >= 15 is 0 Å². The molecule has 20 heavy (non-hydrogen) atoms. The number of rotatable bonds is 6. The van der Waals surface area contributed by atoms with Gasteiger partial charge in [0.1, 0.15) is 5.75 Å². The van der Waals surface area contributed by atoms with Crippen molar-refractivity contribution in [3.05, 3.63) is 29.8 Å². The Hall–Kier alpha value is -0.818. The first-order valence-corrected chi connectivity index (χ1v) is 9.79. The lowest BCUT2D eigenvalue weighted by molar-refractivity contribution is 0.278. The van der Waals surface area contributed by atoms with Crippen molar-refractivity contribution in [2.24, 2.45) is 0 Å². The molecule has 0 aliphatic carbocycles. The number of para-hydroxylation sites is 1. The number of benzene rings is 1. The minimum atomic E-state index is -1.79. The topological polar surface area (TPSA) is 58.9 Å². The maximum absolute atomic E-state index is 8.90. The van der Waals surface area contributed by atoms with E-state index in [0.717, 1.165) is 5.56 Å². The van der Waals surface area contributed by atoms with Crippen LogP contribution in [0.3, 0.4) is 0 Å². The number of hydrogen-bond acceptors (Lipinski definition) is 4. The lowest BCUT2D eigenvalue weighted by atomic mass is 10.1. The van der Waals surface area contributed by atoms with E-state index in [1.165, 1.54) is 0 Å². The lowest BCUT2D eigenvalue weighted by Crippen LogP contribution is -2.41. The average Bonchev–Trinajstić information content (AvgIpc) is 2.29. The number of hydrogen-bond donors (Lipinski definition) is 2. The van der Waals surface area contributed by atoms with Crippen LogP contribution in [0.5, 0.6) is 5.75 Å². The van der Waals surface area contributed by atoms with Crippen molar-refractivity contribution >= 4 is 15.6 Å². The summed E-state index contributed by atoms with van der Waals surface area (Å²) in [6.07, 6.45) is 0.690. The summed E-state index contributed by atoms with van der Waals surface area (Å²) in [6, 6.07) is 7.34. The van der Waals surface area contributed by atoms with Crippen LogP contribution in [0.25, 0.3) is 0 Å². The maximum atomic E-state index is 8.90. The first-order chi connectivity index (χ1) is 9.13. The van der Waals surface area contributed by atoms with Crippen LogP contribution >= 0.6 is 0 Å². The standard InChI is InChI=1S/C14H25BO4Si/c1-14(2,3)20(4,5)18-11-10-12-8-6-7-9-13(12)19-15(16)17/h6-9,16-17H,10-11H2,1-5H3. The van der Waals surface area contributed by atoms with E-state index in [0.29, 0.717) is 18.8 Å². The Morgan fingerprint density at radius 2 is 1.75 bits per heavy atom. The normalized spacial score (nSPS) is 12.3. The minimum absolute atomic E-state index is 0.185. The molecule has 1 aromatic rings. The SMILES string of the molecule is CC(C)(C)[Si](C)(C)OCCc1ccccc1OB(O)O. The smallest absolute Gasteiger partial charge is 0.512 e. The molecule has 1 aromatic carbocycles. The van der Waals surface area contributed by atoms with E-state index in [-0.39, 0.29) is 5.04 Å². The van der Waals surface area contributed by atoms with Crippen LogP contribution in [0.1, 0.15) is 26.3 Å². The largest absolute Gasteiger partial charge is 0.707 e. The second kappa shape index (κ2) is 6.76. The summed E-state index contributed by atoms with van der Waals surface area (Å²) >= 11 is 0. The molecule has 0 spiro atoms. The Morgan fingerprint density at radius 1 is 1.15 bits per heavy atom.